The first-order chi connectivity index (χ1) is 15.5. The Morgan fingerprint density at radius 2 is 1.81 bits per heavy atom. The molecule has 0 spiro atoms. The molecule has 1 fully saturated rings. The van der Waals surface area contributed by atoms with Crippen molar-refractivity contribution in [1.82, 2.24) is 19.8 Å². The number of nitrogens with zero attached hydrogens (tertiary/aromatic N) is 3. The number of imide groups is 1. The third-order valence-corrected chi connectivity index (χ3v) is 5.90. The molecule has 3 heterocycles. The van der Waals surface area contributed by atoms with Gasteiger partial charge in [0.25, 0.3) is 11.5 Å². The van der Waals surface area contributed by atoms with E-state index in [0.29, 0.717) is 41.2 Å². The fourth-order valence-electron chi connectivity index (χ4n) is 4.04. The van der Waals surface area contributed by atoms with Crippen LogP contribution in [0.4, 0.5) is 4.79 Å². The van der Waals surface area contributed by atoms with Crippen molar-refractivity contribution in [2.45, 2.75) is 25.4 Å². The average molecular weight is 434 g/mol. The minimum absolute atomic E-state index is 0.0464. The van der Waals surface area contributed by atoms with Crippen molar-refractivity contribution in [3.05, 3.63) is 64.7 Å². The van der Waals surface area contributed by atoms with E-state index < -0.39 is 17.5 Å². The first-order valence-corrected chi connectivity index (χ1v) is 10.5. The van der Waals surface area contributed by atoms with Crippen molar-refractivity contribution in [2.24, 2.45) is 0 Å². The number of nitrogens with one attached hydrogen (secondary N) is 1. The highest BCUT2D eigenvalue weighted by Gasteiger charge is 2.49. The van der Waals surface area contributed by atoms with Gasteiger partial charge in [-0.05, 0) is 36.8 Å². The standard InChI is InChI=1S/C23H22N4O5/c1-23(15-7-8-18-19(13-15)32-12-4-11-31-18)21(29)27(22(30)25-23)10-9-26-14-24-17-6-3-2-5-16(17)20(26)28/h2-3,5-8,13-14H,4,9-12H2,1H3,(H,25,30). The Labute approximate surface area is 183 Å². The lowest BCUT2D eigenvalue weighted by Crippen LogP contribution is -2.41. The topological polar surface area (TPSA) is 103 Å². The van der Waals surface area contributed by atoms with Crippen molar-refractivity contribution < 1.29 is 19.1 Å². The predicted octanol–water partition coefficient (Wildman–Crippen LogP) is 2.02. The minimum Gasteiger partial charge on any atom is -0.490 e. The maximum atomic E-state index is 13.3. The molecule has 0 radical (unpaired) electrons. The average Bonchev–Trinajstić information content (AvgIpc) is 2.95. The second-order valence-electron chi connectivity index (χ2n) is 7.98. The zero-order chi connectivity index (χ0) is 22.3. The number of benzene rings is 2. The van der Waals surface area contributed by atoms with E-state index in [1.807, 2.05) is 6.07 Å². The Morgan fingerprint density at radius 3 is 2.66 bits per heavy atom. The molecule has 0 saturated carbocycles. The van der Waals surface area contributed by atoms with Crippen molar-refractivity contribution in [3.8, 4) is 11.5 Å². The number of fused-ring (bicyclic) bond motifs is 2. The summed E-state index contributed by atoms with van der Waals surface area (Å²) in [5.74, 6) is 0.779. The molecule has 1 N–H and O–H groups in total. The number of amides is 3. The van der Waals surface area contributed by atoms with Gasteiger partial charge < -0.3 is 14.8 Å². The van der Waals surface area contributed by atoms with Gasteiger partial charge in [0.05, 0.1) is 30.4 Å². The Balaban J connectivity index is 1.38. The van der Waals surface area contributed by atoms with Gasteiger partial charge in [0.2, 0.25) is 0 Å². The molecule has 3 amide bonds. The number of aromatic nitrogens is 2. The van der Waals surface area contributed by atoms with Gasteiger partial charge in [-0.2, -0.15) is 0 Å². The van der Waals surface area contributed by atoms with Crippen LogP contribution in [0, 0.1) is 0 Å². The van der Waals surface area contributed by atoms with Gasteiger partial charge in [-0.3, -0.25) is 19.1 Å². The van der Waals surface area contributed by atoms with Crippen molar-refractivity contribution in [3.63, 3.8) is 0 Å². The van der Waals surface area contributed by atoms with E-state index in [1.165, 1.54) is 10.9 Å². The van der Waals surface area contributed by atoms with Crippen LogP contribution in [-0.2, 0) is 16.9 Å². The quantitative estimate of drug-likeness (QED) is 0.631. The highest BCUT2D eigenvalue weighted by atomic mass is 16.5. The zero-order valence-corrected chi connectivity index (χ0v) is 17.5. The van der Waals surface area contributed by atoms with Gasteiger partial charge in [-0.25, -0.2) is 9.78 Å². The van der Waals surface area contributed by atoms with Crippen molar-refractivity contribution in [1.29, 1.82) is 0 Å². The van der Waals surface area contributed by atoms with Crippen LogP contribution in [0.25, 0.3) is 10.9 Å². The Morgan fingerprint density at radius 1 is 1.03 bits per heavy atom. The predicted molar refractivity (Wildman–Crippen MR) is 116 cm³/mol. The molecule has 2 aliphatic heterocycles. The molecule has 164 valence electrons. The maximum absolute atomic E-state index is 13.3. The number of hydrogen-bond donors (Lipinski definition) is 1. The Hall–Kier alpha value is -3.88. The molecule has 9 nitrogen and oxygen atoms in total. The van der Waals surface area contributed by atoms with Crippen LogP contribution in [0.2, 0.25) is 0 Å². The zero-order valence-electron chi connectivity index (χ0n) is 17.5. The van der Waals surface area contributed by atoms with Crippen LogP contribution in [0.15, 0.2) is 53.6 Å². The lowest BCUT2D eigenvalue weighted by atomic mass is 9.91. The summed E-state index contributed by atoms with van der Waals surface area (Å²) in [6.07, 6.45) is 2.21. The van der Waals surface area contributed by atoms with E-state index in [2.05, 4.69) is 10.3 Å². The van der Waals surface area contributed by atoms with E-state index in [9.17, 15) is 14.4 Å². The molecule has 3 aromatic rings. The molecular formula is C23H22N4O5. The monoisotopic (exact) mass is 434 g/mol. The van der Waals surface area contributed by atoms with Crippen LogP contribution in [0.3, 0.4) is 0 Å². The van der Waals surface area contributed by atoms with Gasteiger partial charge in [0.15, 0.2) is 11.5 Å². The van der Waals surface area contributed by atoms with E-state index in [-0.39, 0.29) is 18.6 Å². The fraction of sp³-hybridized carbons (Fsp3) is 0.304. The first-order valence-electron chi connectivity index (χ1n) is 10.5. The molecule has 1 saturated heterocycles. The summed E-state index contributed by atoms with van der Waals surface area (Å²) in [6.45, 7) is 2.94. The second kappa shape index (κ2) is 7.67. The van der Waals surface area contributed by atoms with Gasteiger partial charge in [-0.1, -0.05) is 18.2 Å². The van der Waals surface area contributed by atoms with E-state index in [1.54, 1.807) is 43.3 Å². The second-order valence-corrected chi connectivity index (χ2v) is 7.98. The van der Waals surface area contributed by atoms with Gasteiger partial charge >= 0.3 is 6.03 Å². The van der Waals surface area contributed by atoms with Crippen LogP contribution < -0.4 is 20.3 Å². The molecule has 1 aromatic heterocycles. The third kappa shape index (κ3) is 3.26. The maximum Gasteiger partial charge on any atom is 0.325 e. The summed E-state index contributed by atoms with van der Waals surface area (Å²) in [6, 6.07) is 11.8. The Kier molecular flexibility index (Phi) is 4.80. The summed E-state index contributed by atoms with van der Waals surface area (Å²) in [5, 5.41) is 3.28. The summed E-state index contributed by atoms with van der Waals surface area (Å²) in [7, 11) is 0. The van der Waals surface area contributed by atoms with Crippen molar-refractivity contribution >= 4 is 22.8 Å². The smallest absolute Gasteiger partial charge is 0.325 e. The molecule has 32 heavy (non-hydrogen) atoms. The minimum atomic E-state index is -1.24. The molecule has 1 atom stereocenters. The Bertz CT molecular complexity index is 1290. The lowest BCUT2D eigenvalue weighted by Gasteiger charge is -2.23. The molecule has 0 aliphatic carbocycles. The summed E-state index contributed by atoms with van der Waals surface area (Å²) < 4.78 is 12.8. The molecular weight excluding hydrogens is 412 g/mol. The van der Waals surface area contributed by atoms with Gasteiger partial charge in [0, 0.05) is 19.5 Å². The van der Waals surface area contributed by atoms with Crippen LogP contribution in [-0.4, -0.2) is 46.1 Å². The summed E-state index contributed by atoms with van der Waals surface area (Å²) in [5.41, 5.74) is -0.250. The number of rotatable bonds is 4. The number of urea groups is 1. The first kappa shape index (κ1) is 20.0. The molecule has 1 unspecified atom stereocenters. The molecule has 0 bridgehead atoms. The highest BCUT2D eigenvalue weighted by Crippen LogP contribution is 2.36. The number of carbonyl (C=O) groups is 2. The van der Waals surface area contributed by atoms with Gasteiger partial charge in [-0.15, -0.1) is 0 Å². The van der Waals surface area contributed by atoms with Crippen LogP contribution in [0.1, 0.15) is 18.9 Å². The fourth-order valence-corrected chi connectivity index (χ4v) is 4.04. The van der Waals surface area contributed by atoms with Crippen LogP contribution >= 0.6 is 0 Å². The molecule has 2 aliphatic rings. The van der Waals surface area contributed by atoms with E-state index in [0.717, 1.165) is 11.3 Å². The van der Waals surface area contributed by atoms with E-state index in [4.69, 9.17) is 9.47 Å². The van der Waals surface area contributed by atoms with E-state index >= 15 is 0 Å². The highest BCUT2D eigenvalue weighted by molar-refractivity contribution is 6.07. The number of carbonyl (C=O) groups excluding carboxylic acids is 2. The molecule has 5 rings (SSSR count). The number of ether oxygens (including phenoxy) is 2. The van der Waals surface area contributed by atoms with Crippen molar-refractivity contribution in [2.75, 3.05) is 19.8 Å². The summed E-state index contributed by atoms with van der Waals surface area (Å²) in [4.78, 5) is 44.0. The van der Waals surface area contributed by atoms with Gasteiger partial charge in [0.1, 0.15) is 5.54 Å². The normalized spacial score (nSPS) is 20.3. The molecule has 2 aromatic carbocycles. The third-order valence-electron chi connectivity index (χ3n) is 5.90. The van der Waals surface area contributed by atoms with Crippen LogP contribution in [0.5, 0.6) is 11.5 Å². The largest absolute Gasteiger partial charge is 0.490 e. The number of para-hydroxylation sites is 1. The molecule has 9 heteroatoms. The number of hydrogen-bond acceptors (Lipinski definition) is 6. The lowest BCUT2D eigenvalue weighted by molar-refractivity contribution is -0.131. The summed E-state index contributed by atoms with van der Waals surface area (Å²) >= 11 is 0. The SMILES string of the molecule is CC1(c2ccc3c(c2)OCCCO3)NC(=O)N(CCn2cnc3ccccc3c2=O)C1=O.